The molecular weight excluding hydrogens is 138 g/mol. The molecule has 9 heavy (non-hydrogen) atoms. The van der Waals surface area contributed by atoms with Crippen LogP contribution < -0.4 is 5.32 Å². The van der Waals surface area contributed by atoms with Crippen molar-refractivity contribution < 1.29 is 4.79 Å². The van der Waals surface area contributed by atoms with Crippen LogP contribution in [0.1, 0.15) is 19.8 Å². The third kappa shape index (κ3) is 5.63. The van der Waals surface area contributed by atoms with E-state index >= 15 is 0 Å². The second kappa shape index (κ2) is 5.89. The maximum Gasteiger partial charge on any atom is 0.207 e. The number of halogens is 1. The van der Waals surface area contributed by atoms with Gasteiger partial charge in [0, 0.05) is 11.9 Å². The van der Waals surface area contributed by atoms with Gasteiger partial charge in [0.05, 0.1) is 0 Å². The highest BCUT2D eigenvalue weighted by atomic mass is 35.5. The smallest absolute Gasteiger partial charge is 0.207 e. The Morgan fingerprint density at radius 2 is 2.44 bits per heavy atom. The van der Waals surface area contributed by atoms with Gasteiger partial charge in [0.2, 0.25) is 6.41 Å². The van der Waals surface area contributed by atoms with Gasteiger partial charge in [-0.2, -0.15) is 0 Å². The molecule has 0 spiro atoms. The fourth-order valence-electron chi connectivity index (χ4n) is 0.503. The summed E-state index contributed by atoms with van der Waals surface area (Å²) in [6, 6.07) is 0. The van der Waals surface area contributed by atoms with Gasteiger partial charge in [0.15, 0.2) is 0 Å². The second-order valence-corrected chi connectivity index (χ2v) is 2.48. The number of carbonyl (C=O) groups excluding carboxylic acids is 1. The van der Waals surface area contributed by atoms with Crippen LogP contribution in [0.4, 0.5) is 0 Å². The minimum Gasteiger partial charge on any atom is -0.359 e. The molecule has 0 aromatic heterocycles. The molecule has 0 aliphatic rings. The maximum absolute atomic E-state index is 9.72. The highest BCUT2D eigenvalue weighted by molar-refractivity contribution is 6.20. The van der Waals surface area contributed by atoms with Gasteiger partial charge in [-0.25, -0.2) is 0 Å². The van der Waals surface area contributed by atoms with E-state index in [9.17, 15) is 4.79 Å². The maximum atomic E-state index is 9.72. The number of alkyl halides is 1. The zero-order valence-corrected chi connectivity index (χ0v) is 6.32. The molecule has 0 radical (unpaired) electrons. The number of amides is 1. The van der Waals surface area contributed by atoms with Crippen LogP contribution in [0.15, 0.2) is 0 Å². The van der Waals surface area contributed by atoms with Gasteiger partial charge in [-0.05, 0) is 12.8 Å². The monoisotopic (exact) mass is 149 g/mol. The predicted molar refractivity (Wildman–Crippen MR) is 38.6 cm³/mol. The molecule has 2 nitrogen and oxygen atoms in total. The summed E-state index contributed by atoms with van der Waals surface area (Å²) in [5, 5.41) is 2.75. The zero-order chi connectivity index (χ0) is 7.11. The quantitative estimate of drug-likeness (QED) is 0.355. The number of hydrogen-bond acceptors (Lipinski definition) is 1. The predicted octanol–water partition coefficient (Wildman–Crippen LogP) is 1.14. The summed E-state index contributed by atoms with van der Waals surface area (Å²) in [7, 11) is 0. The van der Waals surface area contributed by atoms with Crippen molar-refractivity contribution in [3.05, 3.63) is 0 Å². The fourth-order valence-corrected chi connectivity index (χ4v) is 0.612. The van der Waals surface area contributed by atoms with Crippen molar-refractivity contribution in [2.75, 3.05) is 6.54 Å². The lowest BCUT2D eigenvalue weighted by Gasteiger charge is -2.03. The Balaban J connectivity index is 2.96. The first-order chi connectivity index (χ1) is 4.31. The molecule has 0 aromatic carbocycles. The van der Waals surface area contributed by atoms with Crippen LogP contribution in [-0.4, -0.2) is 18.3 Å². The van der Waals surface area contributed by atoms with Crippen LogP contribution in [0.5, 0.6) is 0 Å². The molecule has 3 heteroatoms. The fraction of sp³-hybridized carbons (Fsp3) is 0.833. The third-order valence-corrected chi connectivity index (χ3v) is 1.66. The van der Waals surface area contributed by atoms with Crippen molar-refractivity contribution in [2.45, 2.75) is 25.1 Å². The second-order valence-electron chi connectivity index (χ2n) is 1.87. The van der Waals surface area contributed by atoms with E-state index < -0.39 is 0 Å². The van der Waals surface area contributed by atoms with E-state index in [1.807, 2.05) is 6.92 Å². The third-order valence-electron chi connectivity index (χ3n) is 1.13. The lowest BCUT2D eigenvalue weighted by Crippen LogP contribution is -2.15. The Labute approximate surface area is 60.6 Å². The van der Waals surface area contributed by atoms with Crippen molar-refractivity contribution in [1.29, 1.82) is 0 Å². The summed E-state index contributed by atoms with van der Waals surface area (Å²) in [5.41, 5.74) is 0. The number of hydrogen-bond donors (Lipinski definition) is 1. The summed E-state index contributed by atoms with van der Waals surface area (Å²) in [6.45, 7) is 2.71. The van der Waals surface area contributed by atoms with Crippen molar-refractivity contribution >= 4 is 18.0 Å². The van der Waals surface area contributed by atoms with E-state index in [2.05, 4.69) is 5.32 Å². The first-order valence-corrected chi connectivity index (χ1v) is 3.56. The first kappa shape index (κ1) is 8.76. The molecule has 0 aliphatic carbocycles. The summed E-state index contributed by atoms with van der Waals surface area (Å²) < 4.78 is 0. The van der Waals surface area contributed by atoms with Gasteiger partial charge in [0.25, 0.3) is 0 Å². The molecule has 0 saturated heterocycles. The molecule has 0 aliphatic heterocycles. The van der Waals surface area contributed by atoms with Gasteiger partial charge in [-0.3, -0.25) is 4.79 Å². The summed E-state index contributed by atoms with van der Waals surface area (Å²) >= 11 is 5.75. The average Bonchev–Trinajstić information content (AvgIpc) is 1.89. The Morgan fingerprint density at radius 3 is 2.89 bits per heavy atom. The van der Waals surface area contributed by atoms with E-state index in [-0.39, 0.29) is 5.38 Å². The van der Waals surface area contributed by atoms with Gasteiger partial charge in [-0.1, -0.05) is 6.92 Å². The van der Waals surface area contributed by atoms with Gasteiger partial charge >= 0.3 is 0 Å². The standard InChI is InChI=1S/C6H12ClNO/c1-2-6(7)3-4-8-5-9/h5-6H,2-4H2,1H3,(H,8,9). The van der Waals surface area contributed by atoms with Crippen LogP contribution in [-0.2, 0) is 4.79 Å². The Hall–Kier alpha value is -0.240. The molecule has 0 aromatic rings. The SMILES string of the molecule is CCC(Cl)CCNC=O. The van der Waals surface area contributed by atoms with E-state index in [4.69, 9.17) is 11.6 Å². The van der Waals surface area contributed by atoms with Crippen molar-refractivity contribution in [3.8, 4) is 0 Å². The van der Waals surface area contributed by atoms with Crippen LogP contribution in [0.2, 0.25) is 0 Å². The molecule has 0 saturated carbocycles. The first-order valence-electron chi connectivity index (χ1n) is 3.12. The normalized spacial score (nSPS) is 12.7. The lowest BCUT2D eigenvalue weighted by molar-refractivity contribution is -0.109. The summed E-state index contributed by atoms with van der Waals surface area (Å²) in [4.78, 5) is 9.72. The molecule has 0 bridgehead atoms. The van der Waals surface area contributed by atoms with Gasteiger partial charge in [0.1, 0.15) is 0 Å². The summed E-state index contributed by atoms with van der Waals surface area (Å²) in [6.07, 6.45) is 2.51. The lowest BCUT2D eigenvalue weighted by atomic mass is 10.2. The Morgan fingerprint density at radius 1 is 1.78 bits per heavy atom. The largest absolute Gasteiger partial charge is 0.359 e. The topological polar surface area (TPSA) is 29.1 Å². The molecule has 1 N–H and O–H groups in total. The van der Waals surface area contributed by atoms with Crippen LogP contribution >= 0.6 is 11.6 Å². The molecule has 1 atom stereocenters. The zero-order valence-electron chi connectivity index (χ0n) is 5.56. The number of rotatable bonds is 5. The molecule has 0 rings (SSSR count). The van der Waals surface area contributed by atoms with Crippen LogP contribution in [0, 0.1) is 0 Å². The van der Waals surface area contributed by atoms with E-state index in [1.54, 1.807) is 0 Å². The molecule has 1 unspecified atom stereocenters. The minimum absolute atomic E-state index is 0.206. The van der Waals surface area contributed by atoms with Crippen LogP contribution in [0.25, 0.3) is 0 Å². The van der Waals surface area contributed by atoms with Gasteiger partial charge in [-0.15, -0.1) is 11.6 Å². The summed E-state index contributed by atoms with van der Waals surface area (Å²) in [5.74, 6) is 0. The number of carbonyl (C=O) groups is 1. The highest BCUT2D eigenvalue weighted by Gasteiger charge is 1.97. The molecular formula is C6H12ClNO. The number of nitrogens with one attached hydrogen (secondary N) is 1. The van der Waals surface area contributed by atoms with Crippen molar-refractivity contribution in [1.82, 2.24) is 5.32 Å². The van der Waals surface area contributed by atoms with Crippen molar-refractivity contribution in [3.63, 3.8) is 0 Å². The molecule has 54 valence electrons. The average molecular weight is 150 g/mol. The van der Waals surface area contributed by atoms with Crippen LogP contribution in [0.3, 0.4) is 0 Å². The van der Waals surface area contributed by atoms with E-state index in [1.165, 1.54) is 0 Å². The Bertz CT molecular complexity index is 77.5. The molecule has 0 heterocycles. The molecule has 0 fully saturated rings. The Kier molecular flexibility index (Phi) is 5.73. The molecule has 1 amide bonds. The van der Waals surface area contributed by atoms with Gasteiger partial charge < -0.3 is 5.32 Å². The van der Waals surface area contributed by atoms with Crippen molar-refractivity contribution in [2.24, 2.45) is 0 Å². The minimum atomic E-state index is 0.206. The highest BCUT2D eigenvalue weighted by Crippen LogP contribution is 2.03. The van der Waals surface area contributed by atoms with E-state index in [0.717, 1.165) is 12.8 Å². The van der Waals surface area contributed by atoms with E-state index in [0.29, 0.717) is 13.0 Å².